The van der Waals surface area contributed by atoms with Crippen LogP contribution in [0.15, 0.2) is 43.0 Å². The summed E-state index contributed by atoms with van der Waals surface area (Å²) in [5, 5.41) is 3.67. The van der Waals surface area contributed by atoms with Crippen LogP contribution < -0.4 is 5.32 Å². The predicted octanol–water partition coefficient (Wildman–Crippen LogP) is 4.25. The van der Waals surface area contributed by atoms with Gasteiger partial charge in [-0.15, -0.1) is 0 Å². The molecule has 3 nitrogen and oxygen atoms in total. The summed E-state index contributed by atoms with van der Waals surface area (Å²) in [5.74, 6) is 0. The summed E-state index contributed by atoms with van der Waals surface area (Å²) in [6, 6.07) is 8.95. The number of hydrogen-bond donors (Lipinski definition) is 1. The maximum Gasteiger partial charge on any atom is 0.0992 e. The number of nitrogens with zero attached hydrogens (tertiary/aromatic N) is 2. The number of nitrogens with one attached hydrogen (secondary N) is 1. The van der Waals surface area contributed by atoms with Gasteiger partial charge in [0.25, 0.3) is 0 Å². The quantitative estimate of drug-likeness (QED) is 0.803. The lowest BCUT2D eigenvalue weighted by Gasteiger charge is -2.20. The zero-order chi connectivity index (χ0) is 13.5. The number of aromatic nitrogens is 2. The second-order valence-electron chi connectivity index (χ2n) is 4.88. The topological polar surface area (TPSA) is 29.9 Å². The van der Waals surface area contributed by atoms with Crippen molar-refractivity contribution < 1.29 is 0 Å². The van der Waals surface area contributed by atoms with Crippen LogP contribution >= 0.6 is 0 Å². The van der Waals surface area contributed by atoms with Crippen LogP contribution in [0.25, 0.3) is 5.69 Å². The number of unbranched alkanes of at least 4 members (excludes halogenated alkanes) is 1. The zero-order valence-electron chi connectivity index (χ0n) is 11.8. The van der Waals surface area contributed by atoms with Gasteiger partial charge in [-0.25, -0.2) is 4.98 Å². The fourth-order valence-electron chi connectivity index (χ4n) is 2.27. The lowest BCUT2D eigenvalue weighted by molar-refractivity contribution is 0.593. The van der Waals surface area contributed by atoms with Gasteiger partial charge in [-0.3, -0.25) is 0 Å². The molecule has 1 heterocycles. The fourth-order valence-corrected chi connectivity index (χ4v) is 2.27. The average Bonchev–Trinajstić information content (AvgIpc) is 2.98. The molecule has 0 aliphatic rings. The molecular weight excluding hydrogens is 234 g/mol. The molecule has 102 valence electrons. The van der Waals surface area contributed by atoms with Crippen LogP contribution in [0.1, 0.15) is 39.5 Å². The van der Waals surface area contributed by atoms with E-state index in [0.717, 1.165) is 12.1 Å². The highest BCUT2D eigenvalue weighted by atomic mass is 15.1. The minimum absolute atomic E-state index is 0.546. The van der Waals surface area contributed by atoms with Crippen molar-refractivity contribution in [2.24, 2.45) is 0 Å². The summed E-state index contributed by atoms with van der Waals surface area (Å²) in [7, 11) is 0. The molecule has 0 spiro atoms. The smallest absolute Gasteiger partial charge is 0.0992 e. The Hall–Kier alpha value is -1.77. The molecule has 0 amide bonds. The van der Waals surface area contributed by atoms with Crippen molar-refractivity contribution >= 4 is 5.69 Å². The third kappa shape index (κ3) is 3.60. The Morgan fingerprint density at radius 3 is 2.79 bits per heavy atom. The first-order valence-corrected chi connectivity index (χ1v) is 7.19. The van der Waals surface area contributed by atoms with Crippen molar-refractivity contribution in [3.05, 3.63) is 43.0 Å². The summed E-state index contributed by atoms with van der Waals surface area (Å²) in [6.45, 7) is 4.49. The lowest BCUT2D eigenvalue weighted by atomic mass is 10.1. The molecule has 1 unspecified atom stereocenters. The second kappa shape index (κ2) is 6.98. The van der Waals surface area contributed by atoms with Gasteiger partial charge in [0, 0.05) is 18.4 Å². The summed E-state index contributed by atoms with van der Waals surface area (Å²) in [6.07, 6.45) is 10.5. The third-order valence-electron chi connectivity index (χ3n) is 3.45. The zero-order valence-corrected chi connectivity index (χ0v) is 11.8. The van der Waals surface area contributed by atoms with Crippen molar-refractivity contribution in [2.45, 2.75) is 45.6 Å². The van der Waals surface area contributed by atoms with E-state index in [2.05, 4.69) is 53.0 Å². The minimum atomic E-state index is 0.546. The van der Waals surface area contributed by atoms with E-state index in [1.54, 1.807) is 0 Å². The van der Waals surface area contributed by atoms with E-state index < -0.39 is 0 Å². The van der Waals surface area contributed by atoms with Gasteiger partial charge in [0.15, 0.2) is 0 Å². The normalized spacial score (nSPS) is 12.3. The van der Waals surface area contributed by atoms with E-state index in [0.29, 0.717) is 6.04 Å². The SMILES string of the molecule is CCCCC(CC)Nc1ccccc1-n1ccnc1. The summed E-state index contributed by atoms with van der Waals surface area (Å²) >= 11 is 0. The van der Waals surface area contributed by atoms with E-state index in [1.807, 2.05) is 18.7 Å². The molecule has 2 aromatic rings. The van der Waals surface area contributed by atoms with Crippen molar-refractivity contribution in [3.63, 3.8) is 0 Å². The molecule has 2 rings (SSSR count). The Morgan fingerprint density at radius 1 is 1.26 bits per heavy atom. The summed E-state index contributed by atoms with van der Waals surface area (Å²) in [4.78, 5) is 4.12. The molecule has 3 heteroatoms. The summed E-state index contributed by atoms with van der Waals surface area (Å²) < 4.78 is 2.05. The Kier molecular flexibility index (Phi) is 5.01. The Bertz CT molecular complexity index is 476. The maximum absolute atomic E-state index is 4.12. The van der Waals surface area contributed by atoms with Crippen LogP contribution in [0.5, 0.6) is 0 Å². The van der Waals surface area contributed by atoms with Gasteiger partial charge in [0.05, 0.1) is 17.7 Å². The van der Waals surface area contributed by atoms with Gasteiger partial charge in [0.2, 0.25) is 0 Å². The minimum Gasteiger partial charge on any atom is -0.381 e. The van der Waals surface area contributed by atoms with Gasteiger partial charge >= 0.3 is 0 Å². The average molecular weight is 257 g/mol. The molecular formula is C16H23N3. The first-order chi connectivity index (χ1) is 9.35. The highest BCUT2D eigenvalue weighted by molar-refractivity contribution is 5.61. The van der Waals surface area contributed by atoms with E-state index in [1.165, 1.54) is 24.9 Å². The number of imidazole rings is 1. The Morgan fingerprint density at radius 2 is 2.11 bits per heavy atom. The molecule has 0 bridgehead atoms. The molecule has 1 N–H and O–H groups in total. The van der Waals surface area contributed by atoms with Crippen LogP contribution in [0, 0.1) is 0 Å². The van der Waals surface area contributed by atoms with Gasteiger partial charge in [0.1, 0.15) is 0 Å². The number of anilines is 1. The lowest BCUT2D eigenvalue weighted by Crippen LogP contribution is -2.19. The van der Waals surface area contributed by atoms with Crippen LogP contribution in [0.2, 0.25) is 0 Å². The molecule has 1 aromatic heterocycles. The monoisotopic (exact) mass is 257 g/mol. The predicted molar refractivity (Wildman–Crippen MR) is 80.8 cm³/mol. The second-order valence-corrected chi connectivity index (χ2v) is 4.88. The third-order valence-corrected chi connectivity index (χ3v) is 3.45. The van der Waals surface area contributed by atoms with Crippen LogP contribution in [-0.4, -0.2) is 15.6 Å². The van der Waals surface area contributed by atoms with E-state index in [4.69, 9.17) is 0 Å². The van der Waals surface area contributed by atoms with Gasteiger partial charge in [-0.2, -0.15) is 0 Å². The first-order valence-electron chi connectivity index (χ1n) is 7.19. The molecule has 0 radical (unpaired) electrons. The molecule has 0 aliphatic carbocycles. The van der Waals surface area contributed by atoms with E-state index in [-0.39, 0.29) is 0 Å². The van der Waals surface area contributed by atoms with Crippen LogP contribution in [0.3, 0.4) is 0 Å². The highest BCUT2D eigenvalue weighted by Crippen LogP contribution is 2.22. The van der Waals surface area contributed by atoms with Crippen LogP contribution in [-0.2, 0) is 0 Å². The first kappa shape index (κ1) is 13.7. The number of para-hydroxylation sites is 2. The number of rotatable bonds is 7. The van der Waals surface area contributed by atoms with E-state index >= 15 is 0 Å². The van der Waals surface area contributed by atoms with Gasteiger partial charge in [-0.1, -0.05) is 38.8 Å². The van der Waals surface area contributed by atoms with E-state index in [9.17, 15) is 0 Å². The largest absolute Gasteiger partial charge is 0.381 e. The fraction of sp³-hybridized carbons (Fsp3) is 0.438. The molecule has 1 atom stereocenters. The standard InChI is InChI=1S/C16H23N3/c1-3-5-8-14(4-2)18-15-9-6-7-10-16(15)19-12-11-17-13-19/h6-7,9-14,18H,3-5,8H2,1-2H3. The molecule has 19 heavy (non-hydrogen) atoms. The maximum atomic E-state index is 4.12. The molecule has 0 fully saturated rings. The van der Waals surface area contributed by atoms with Crippen molar-refractivity contribution in [3.8, 4) is 5.69 Å². The van der Waals surface area contributed by atoms with Gasteiger partial charge in [-0.05, 0) is 25.0 Å². The van der Waals surface area contributed by atoms with Crippen molar-refractivity contribution in [1.29, 1.82) is 0 Å². The van der Waals surface area contributed by atoms with Crippen LogP contribution in [0.4, 0.5) is 5.69 Å². The summed E-state index contributed by atoms with van der Waals surface area (Å²) in [5.41, 5.74) is 2.35. The number of hydrogen-bond acceptors (Lipinski definition) is 2. The van der Waals surface area contributed by atoms with Crippen molar-refractivity contribution in [2.75, 3.05) is 5.32 Å². The van der Waals surface area contributed by atoms with Gasteiger partial charge < -0.3 is 9.88 Å². The van der Waals surface area contributed by atoms with Crippen molar-refractivity contribution in [1.82, 2.24) is 9.55 Å². The molecule has 0 saturated heterocycles. The molecule has 0 aliphatic heterocycles. The Balaban J connectivity index is 2.15. The molecule has 1 aromatic carbocycles. The molecule has 0 saturated carbocycles. The highest BCUT2D eigenvalue weighted by Gasteiger charge is 2.09. The Labute approximate surface area is 115 Å². The number of benzene rings is 1.